The zero-order chi connectivity index (χ0) is 17.1. The van der Waals surface area contributed by atoms with E-state index in [1.165, 1.54) is 6.42 Å². The molecular formula is C19H26N4O. The van der Waals surface area contributed by atoms with Gasteiger partial charge in [-0.05, 0) is 48.1 Å². The maximum absolute atomic E-state index is 12.7. The lowest BCUT2D eigenvalue weighted by atomic mass is 9.45. The van der Waals surface area contributed by atoms with Crippen LogP contribution in [-0.4, -0.2) is 29.0 Å². The van der Waals surface area contributed by atoms with Gasteiger partial charge < -0.3 is 15.6 Å². The van der Waals surface area contributed by atoms with Crippen LogP contribution in [0.15, 0.2) is 18.3 Å². The maximum Gasteiger partial charge on any atom is 0.268 e. The van der Waals surface area contributed by atoms with Crippen LogP contribution in [-0.2, 0) is 0 Å². The van der Waals surface area contributed by atoms with Gasteiger partial charge in [0.1, 0.15) is 11.3 Å². The number of aromatic amines is 1. The molecule has 0 saturated heterocycles. The number of H-pyrrole nitrogens is 1. The number of nitrogens with zero attached hydrogens (tertiary/aromatic N) is 1. The summed E-state index contributed by atoms with van der Waals surface area (Å²) in [4.78, 5) is 20.2. The minimum atomic E-state index is -0.0222. The first-order valence-electron chi connectivity index (χ1n) is 8.88. The lowest BCUT2D eigenvalue weighted by molar-refractivity contribution is -0.113. The first-order valence-corrected chi connectivity index (χ1v) is 8.88. The van der Waals surface area contributed by atoms with Crippen LogP contribution in [0.5, 0.6) is 0 Å². The van der Waals surface area contributed by atoms with Crippen molar-refractivity contribution in [2.24, 2.45) is 23.2 Å². The number of nitrogens with one attached hydrogen (secondary N) is 3. The molecule has 1 unspecified atom stereocenters. The van der Waals surface area contributed by atoms with E-state index >= 15 is 0 Å². The van der Waals surface area contributed by atoms with Crippen molar-refractivity contribution in [1.29, 1.82) is 0 Å². The number of pyridine rings is 1. The molecule has 128 valence electrons. The minimum Gasteiger partial charge on any atom is -0.387 e. The third kappa shape index (κ3) is 2.14. The predicted octanol–water partition coefficient (Wildman–Crippen LogP) is 3.41. The van der Waals surface area contributed by atoms with E-state index in [1.54, 1.807) is 6.20 Å². The molecule has 4 atom stereocenters. The molecule has 5 nitrogen and oxygen atoms in total. The summed E-state index contributed by atoms with van der Waals surface area (Å²) in [5.41, 5.74) is 2.75. The van der Waals surface area contributed by atoms with Crippen LogP contribution in [0, 0.1) is 23.2 Å². The molecule has 3 aliphatic carbocycles. The van der Waals surface area contributed by atoms with E-state index < -0.39 is 0 Å². The molecule has 24 heavy (non-hydrogen) atoms. The molecule has 1 amide bonds. The third-order valence-electron chi connectivity index (χ3n) is 6.72. The maximum atomic E-state index is 12.7. The highest BCUT2D eigenvalue weighted by Gasteiger charge is 2.56. The van der Waals surface area contributed by atoms with Crippen molar-refractivity contribution in [3.63, 3.8) is 0 Å². The molecule has 0 aliphatic heterocycles. The second-order valence-electron chi connectivity index (χ2n) is 8.09. The number of anilines is 1. The summed E-state index contributed by atoms with van der Waals surface area (Å²) in [6.07, 6.45) is 4.16. The number of hydrogen-bond acceptors (Lipinski definition) is 3. The average Bonchev–Trinajstić information content (AvgIpc) is 3.00. The van der Waals surface area contributed by atoms with Crippen LogP contribution in [0.2, 0.25) is 0 Å². The topological polar surface area (TPSA) is 69.8 Å². The van der Waals surface area contributed by atoms with Crippen molar-refractivity contribution in [2.45, 2.75) is 39.7 Å². The highest BCUT2D eigenvalue weighted by molar-refractivity contribution is 6.00. The third-order valence-corrected chi connectivity index (χ3v) is 6.72. The minimum absolute atomic E-state index is 0.0222. The first kappa shape index (κ1) is 15.5. The fourth-order valence-electron chi connectivity index (χ4n) is 4.95. The zero-order valence-corrected chi connectivity index (χ0v) is 14.8. The number of hydrogen-bond donors (Lipinski definition) is 3. The zero-order valence-electron chi connectivity index (χ0n) is 14.8. The van der Waals surface area contributed by atoms with E-state index in [2.05, 4.69) is 41.4 Å². The van der Waals surface area contributed by atoms with Crippen molar-refractivity contribution < 1.29 is 4.79 Å². The van der Waals surface area contributed by atoms with Crippen molar-refractivity contribution in [3.8, 4) is 0 Å². The van der Waals surface area contributed by atoms with Crippen molar-refractivity contribution >= 4 is 22.6 Å². The summed E-state index contributed by atoms with van der Waals surface area (Å²) in [5.74, 6) is 1.97. The SMILES string of the molecule is CNc1ccnc2[nH]c(C(=O)N[C@H]3CC4C[C@@H]([C@@H]3C)C4(C)C)cc12. The Balaban J connectivity index is 1.53. The quantitative estimate of drug-likeness (QED) is 0.809. The molecule has 5 rings (SSSR count). The molecule has 0 spiro atoms. The van der Waals surface area contributed by atoms with E-state index in [-0.39, 0.29) is 11.9 Å². The highest BCUT2D eigenvalue weighted by atomic mass is 16.1. The fraction of sp³-hybridized carbons (Fsp3) is 0.579. The number of aromatic nitrogens is 2. The molecule has 5 heteroatoms. The summed E-state index contributed by atoms with van der Waals surface area (Å²) in [6.45, 7) is 7.05. The Kier molecular flexibility index (Phi) is 3.37. The van der Waals surface area contributed by atoms with Crippen molar-refractivity contribution in [2.75, 3.05) is 12.4 Å². The van der Waals surface area contributed by atoms with Crippen molar-refractivity contribution in [1.82, 2.24) is 15.3 Å². The van der Waals surface area contributed by atoms with E-state index in [4.69, 9.17) is 0 Å². The summed E-state index contributed by atoms with van der Waals surface area (Å²) >= 11 is 0. The second kappa shape index (κ2) is 5.23. The predicted molar refractivity (Wildman–Crippen MR) is 96.1 cm³/mol. The summed E-state index contributed by atoms with van der Waals surface area (Å²) in [5, 5.41) is 7.35. The normalized spacial score (nSPS) is 30.7. The molecule has 3 fully saturated rings. The van der Waals surface area contributed by atoms with Gasteiger partial charge in [0.05, 0.1) is 0 Å². The number of fused-ring (bicyclic) bond motifs is 3. The molecule has 3 N–H and O–H groups in total. The molecule has 2 aromatic heterocycles. The smallest absolute Gasteiger partial charge is 0.268 e. The summed E-state index contributed by atoms with van der Waals surface area (Å²) < 4.78 is 0. The van der Waals surface area contributed by atoms with Gasteiger partial charge in [-0.25, -0.2) is 4.98 Å². The summed E-state index contributed by atoms with van der Waals surface area (Å²) in [6, 6.07) is 4.08. The van der Waals surface area contributed by atoms with Gasteiger partial charge in [0, 0.05) is 30.4 Å². The van der Waals surface area contributed by atoms with Gasteiger partial charge in [0.2, 0.25) is 0 Å². The van der Waals surface area contributed by atoms with Crippen LogP contribution in [0.1, 0.15) is 44.1 Å². The van der Waals surface area contributed by atoms with Crippen LogP contribution >= 0.6 is 0 Å². The van der Waals surface area contributed by atoms with Gasteiger partial charge in [-0.2, -0.15) is 0 Å². The lowest BCUT2D eigenvalue weighted by Crippen LogP contribution is -2.60. The number of amides is 1. The second-order valence-corrected chi connectivity index (χ2v) is 8.09. The summed E-state index contributed by atoms with van der Waals surface area (Å²) in [7, 11) is 1.87. The molecule has 0 radical (unpaired) electrons. The van der Waals surface area contributed by atoms with Crippen LogP contribution in [0.3, 0.4) is 0 Å². The monoisotopic (exact) mass is 326 g/mol. The van der Waals surface area contributed by atoms with E-state index in [1.807, 2.05) is 19.2 Å². The Morgan fingerprint density at radius 1 is 1.38 bits per heavy atom. The molecule has 3 saturated carbocycles. The molecule has 3 aliphatic rings. The van der Waals surface area contributed by atoms with Crippen LogP contribution in [0.4, 0.5) is 5.69 Å². The standard InChI is InChI=1S/C19H26N4O/c1-10-13-7-11(19(13,2)3)8-15(10)23-18(24)16-9-12-14(20-4)5-6-21-17(12)22-16/h5-6,9-11,13,15H,7-8H2,1-4H3,(H,23,24)(H2,20,21,22)/t10-,11?,13-,15-/m0/s1. The molecule has 0 aromatic carbocycles. The number of rotatable bonds is 3. The number of carbonyl (C=O) groups is 1. The van der Waals surface area contributed by atoms with Crippen LogP contribution < -0.4 is 10.6 Å². The van der Waals surface area contributed by atoms with Gasteiger partial charge in [0.15, 0.2) is 0 Å². The average molecular weight is 326 g/mol. The Bertz CT molecular complexity index is 794. The lowest BCUT2D eigenvalue weighted by Gasteiger charge is -2.62. The van der Waals surface area contributed by atoms with Gasteiger partial charge in [-0.3, -0.25) is 4.79 Å². The van der Waals surface area contributed by atoms with Gasteiger partial charge in [-0.15, -0.1) is 0 Å². The fourth-order valence-corrected chi connectivity index (χ4v) is 4.95. The Morgan fingerprint density at radius 3 is 2.83 bits per heavy atom. The Labute approximate surface area is 142 Å². The molecule has 2 heterocycles. The van der Waals surface area contributed by atoms with Crippen LogP contribution in [0.25, 0.3) is 11.0 Å². The van der Waals surface area contributed by atoms with E-state index in [0.717, 1.165) is 35.0 Å². The van der Waals surface area contributed by atoms with Crippen molar-refractivity contribution in [3.05, 3.63) is 24.0 Å². The highest BCUT2D eigenvalue weighted by Crippen LogP contribution is 2.61. The van der Waals surface area contributed by atoms with E-state index in [0.29, 0.717) is 17.0 Å². The Morgan fingerprint density at radius 2 is 2.17 bits per heavy atom. The first-order chi connectivity index (χ1) is 11.4. The largest absolute Gasteiger partial charge is 0.387 e. The molecular weight excluding hydrogens is 300 g/mol. The molecule has 2 bridgehead atoms. The van der Waals surface area contributed by atoms with E-state index in [9.17, 15) is 4.79 Å². The Hall–Kier alpha value is -2.04. The molecule has 2 aromatic rings. The van der Waals surface area contributed by atoms with Gasteiger partial charge in [0.25, 0.3) is 5.91 Å². The van der Waals surface area contributed by atoms with Gasteiger partial charge >= 0.3 is 0 Å². The van der Waals surface area contributed by atoms with Gasteiger partial charge in [-0.1, -0.05) is 20.8 Å². The number of carbonyl (C=O) groups excluding carboxylic acids is 1.